The van der Waals surface area contributed by atoms with Crippen molar-refractivity contribution in [3.63, 3.8) is 0 Å². The predicted molar refractivity (Wildman–Crippen MR) is 117 cm³/mol. The number of anilines is 3. The molecule has 150 valence electrons. The quantitative estimate of drug-likeness (QED) is 0.611. The van der Waals surface area contributed by atoms with Gasteiger partial charge in [-0.3, -0.25) is 14.4 Å². The number of hydrogen-bond donors (Lipinski definition) is 3. The SMILES string of the molecule is Cc1cccc(NC(=O)c2ccccc2NC(=O)[C@@H]2CC(=O)Nc3ccccc32)c1. The number of amides is 3. The molecule has 0 unspecified atom stereocenters. The van der Waals surface area contributed by atoms with E-state index in [0.29, 0.717) is 22.6 Å². The molecule has 1 heterocycles. The monoisotopic (exact) mass is 399 g/mol. The third-order valence-electron chi connectivity index (χ3n) is 5.02. The summed E-state index contributed by atoms with van der Waals surface area (Å²) < 4.78 is 0. The minimum absolute atomic E-state index is 0.0561. The molecular weight excluding hydrogens is 378 g/mol. The molecule has 3 amide bonds. The molecule has 0 radical (unpaired) electrons. The molecule has 6 heteroatoms. The maximum absolute atomic E-state index is 13.0. The zero-order valence-electron chi connectivity index (χ0n) is 16.4. The number of hydrogen-bond acceptors (Lipinski definition) is 3. The highest BCUT2D eigenvalue weighted by molar-refractivity contribution is 6.11. The molecule has 1 atom stereocenters. The van der Waals surface area contributed by atoms with E-state index >= 15 is 0 Å². The molecule has 0 saturated heterocycles. The van der Waals surface area contributed by atoms with Crippen LogP contribution in [-0.2, 0) is 9.59 Å². The van der Waals surface area contributed by atoms with Crippen LogP contribution in [0.2, 0.25) is 0 Å². The summed E-state index contributed by atoms with van der Waals surface area (Å²) in [6, 6.07) is 21.6. The first-order chi connectivity index (χ1) is 14.5. The normalized spacial score (nSPS) is 15.0. The van der Waals surface area contributed by atoms with Gasteiger partial charge < -0.3 is 16.0 Å². The highest BCUT2D eigenvalue weighted by Crippen LogP contribution is 2.33. The zero-order valence-corrected chi connectivity index (χ0v) is 16.4. The summed E-state index contributed by atoms with van der Waals surface area (Å²) in [5.74, 6) is -1.48. The third-order valence-corrected chi connectivity index (χ3v) is 5.02. The number of rotatable bonds is 4. The highest BCUT2D eigenvalue weighted by atomic mass is 16.2. The number of carbonyl (C=O) groups excluding carboxylic acids is 3. The fourth-order valence-electron chi connectivity index (χ4n) is 3.58. The Morgan fingerprint density at radius 1 is 0.933 bits per heavy atom. The third kappa shape index (κ3) is 4.07. The molecule has 1 aliphatic heterocycles. The van der Waals surface area contributed by atoms with Crippen LogP contribution < -0.4 is 16.0 Å². The van der Waals surface area contributed by atoms with Gasteiger partial charge in [-0.2, -0.15) is 0 Å². The molecule has 0 spiro atoms. The summed E-state index contributed by atoms with van der Waals surface area (Å²) in [4.78, 5) is 37.9. The van der Waals surface area contributed by atoms with E-state index in [0.717, 1.165) is 11.1 Å². The molecule has 3 aromatic carbocycles. The Bertz CT molecular complexity index is 1140. The number of para-hydroxylation sites is 2. The summed E-state index contributed by atoms with van der Waals surface area (Å²) in [5.41, 5.74) is 3.86. The Labute approximate surface area is 174 Å². The summed E-state index contributed by atoms with van der Waals surface area (Å²) in [7, 11) is 0. The van der Waals surface area contributed by atoms with Gasteiger partial charge in [0, 0.05) is 17.8 Å². The van der Waals surface area contributed by atoms with Crippen LogP contribution in [0, 0.1) is 6.92 Å². The first-order valence-electron chi connectivity index (χ1n) is 9.68. The van der Waals surface area contributed by atoms with Crippen molar-refractivity contribution >= 4 is 34.8 Å². The van der Waals surface area contributed by atoms with Gasteiger partial charge >= 0.3 is 0 Å². The molecular formula is C24H21N3O3. The first kappa shape index (κ1) is 19.4. The number of fused-ring (bicyclic) bond motifs is 1. The van der Waals surface area contributed by atoms with E-state index in [1.54, 1.807) is 30.3 Å². The van der Waals surface area contributed by atoms with Crippen LogP contribution in [0.15, 0.2) is 72.8 Å². The van der Waals surface area contributed by atoms with Crippen molar-refractivity contribution in [3.8, 4) is 0 Å². The van der Waals surface area contributed by atoms with Crippen molar-refractivity contribution in [1.29, 1.82) is 0 Å². The summed E-state index contributed by atoms with van der Waals surface area (Å²) in [6.07, 6.45) is 0.0561. The van der Waals surface area contributed by atoms with Crippen molar-refractivity contribution in [1.82, 2.24) is 0 Å². The van der Waals surface area contributed by atoms with Crippen LogP contribution in [0.3, 0.4) is 0 Å². The van der Waals surface area contributed by atoms with Gasteiger partial charge in [0.1, 0.15) is 0 Å². The Balaban J connectivity index is 1.57. The zero-order chi connectivity index (χ0) is 21.1. The maximum Gasteiger partial charge on any atom is 0.257 e. The van der Waals surface area contributed by atoms with Gasteiger partial charge in [0.15, 0.2) is 0 Å². The largest absolute Gasteiger partial charge is 0.326 e. The number of nitrogens with one attached hydrogen (secondary N) is 3. The Hall–Kier alpha value is -3.93. The lowest BCUT2D eigenvalue weighted by atomic mass is 9.89. The van der Waals surface area contributed by atoms with Crippen LogP contribution in [0.5, 0.6) is 0 Å². The molecule has 0 aliphatic carbocycles. The Morgan fingerprint density at radius 3 is 2.53 bits per heavy atom. The van der Waals surface area contributed by atoms with Gasteiger partial charge in [-0.15, -0.1) is 0 Å². The molecule has 0 saturated carbocycles. The second-order valence-electron chi connectivity index (χ2n) is 7.25. The van der Waals surface area contributed by atoms with E-state index in [1.807, 2.05) is 49.4 Å². The van der Waals surface area contributed by atoms with Crippen molar-refractivity contribution in [2.24, 2.45) is 0 Å². The average Bonchev–Trinajstić information content (AvgIpc) is 2.73. The molecule has 3 aromatic rings. The van der Waals surface area contributed by atoms with Crippen molar-refractivity contribution in [2.45, 2.75) is 19.3 Å². The Kier molecular flexibility index (Phi) is 5.30. The predicted octanol–water partition coefficient (Wildman–Crippen LogP) is 4.31. The number of carbonyl (C=O) groups is 3. The van der Waals surface area contributed by atoms with Gasteiger partial charge in [-0.05, 0) is 48.4 Å². The van der Waals surface area contributed by atoms with Crippen LogP contribution in [0.1, 0.15) is 33.8 Å². The molecule has 0 bridgehead atoms. The smallest absolute Gasteiger partial charge is 0.257 e. The molecule has 4 rings (SSSR count). The van der Waals surface area contributed by atoms with E-state index in [2.05, 4.69) is 16.0 Å². The fourth-order valence-corrected chi connectivity index (χ4v) is 3.58. The van der Waals surface area contributed by atoms with E-state index in [4.69, 9.17) is 0 Å². The Morgan fingerprint density at radius 2 is 1.70 bits per heavy atom. The standard InChI is InChI=1S/C24H21N3O3/c1-15-7-6-8-16(13-15)25-23(29)18-10-3-5-12-21(18)27-24(30)19-14-22(28)26-20-11-4-2-9-17(19)20/h2-13,19H,14H2,1H3,(H,25,29)(H,26,28)(H,27,30)/t19-/m1/s1. The van der Waals surface area contributed by atoms with Gasteiger partial charge in [0.25, 0.3) is 5.91 Å². The molecule has 0 fully saturated rings. The molecule has 30 heavy (non-hydrogen) atoms. The van der Waals surface area contributed by atoms with Crippen LogP contribution >= 0.6 is 0 Å². The van der Waals surface area contributed by atoms with E-state index < -0.39 is 5.92 Å². The van der Waals surface area contributed by atoms with Crippen LogP contribution in [0.25, 0.3) is 0 Å². The van der Waals surface area contributed by atoms with E-state index in [1.165, 1.54) is 0 Å². The van der Waals surface area contributed by atoms with Gasteiger partial charge in [0.2, 0.25) is 11.8 Å². The second kappa shape index (κ2) is 8.21. The minimum Gasteiger partial charge on any atom is -0.326 e. The van der Waals surface area contributed by atoms with E-state index in [9.17, 15) is 14.4 Å². The lowest BCUT2D eigenvalue weighted by molar-refractivity contribution is -0.123. The lowest BCUT2D eigenvalue weighted by Gasteiger charge is -2.25. The van der Waals surface area contributed by atoms with Gasteiger partial charge in [-0.1, -0.05) is 42.5 Å². The van der Waals surface area contributed by atoms with Crippen LogP contribution in [0.4, 0.5) is 17.1 Å². The van der Waals surface area contributed by atoms with Crippen molar-refractivity contribution in [3.05, 3.63) is 89.5 Å². The minimum atomic E-state index is -0.622. The van der Waals surface area contributed by atoms with Crippen molar-refractivity contribution in [2.75, 3.05) is 16.0 Å². The number of benzene rings is 3. The average molecular weight is 399 g/mol. The highest BCUT2D eigenvalue weighted by Gasteiger charge is 2.31. The second-order valence-corrected chi connectivity index (χ2v) is 7.25. The summed E-state index contributed by atoms with van der Waals surface area (Å²) in [6.45, 7) is 1.95. The van der Waals surface area contributed by atoms with Gasteiger partial charge in [0.05, 0.1) is 17.2 Å². The molecule has 3 N–H and O–H groups in total. The molecule has 6 nitrogen and oxygen atoms in total. The topological polar surface area (TPSA) is 87.3 Å². The summed E-state index contributed by atoms with van der Waals surface area (Å²) in [5, 5.41) is 8.49. The summed E-state index contributed by atoms with van der Waals surface area (Å²) >= 11 is 0. The fraction of sp³-hybridized carbons (Fsp3) is 0.125. The van der Waals surface area contributed by atoms with E-state index in [-0.39, 0.29) is 24.1 Å². The number of aryl methyl sites for hydroxylation is 1. The lowest BCUT2D eigenvalue weighted by Crippen LogP contribution is -2.31. The maximum atomic E-state index is 13.0. The first-order valence-corrected chi connectivity index (χ1v) is 9.68. The molecule has 1 aliphatic rings. The van der Waals surface area contributed by atoms with Crippen molar-refractivity contribution < 1.29 is 14.4 Å². The van der Waals surface area contributed by atoms with Gasteiger partial charge in [-0.25, -0.2) is 0 Å². The molecule has 0 aromatic heterocycles. The van der Waals surface area contributed by atoms with Crippen LogP contribution in [-0.4, -0.2) is 17.7 Å².